The predicted octanol–water partition coefficient (Wildman–Crippen LogP) is 2.82. The van der Waals surface area contributed by atoms with Gasteiger partial charge >= 0.3 is 0 Å². The molecule has 27 heavy (non-hydrogen) atoms. The van der Waals surface area contributed by atoms with Crippen LogP contribution in [0.2, 0.25) is 0 Å². The van der Waals surface area contributed by atoms with Crippen molar-refractivity contribution in [1.29, 1.82) is 0 Å². The highest BCUT2D eigenvalue weighted by Gasteiger charge is 2.42. The normalized spacial score (nSPS) is 14.3. The number of rotatable bonds is 5. The first-order valence-corrected chi connectivity index (χ1v) is 8.94. The van der Waals surface area contributed by atoms with Gasteiger partial charge in [0.15, 0.2) is 0 Å². The molecule has 2 aromatic carbocycles. The number of benzene rings is 2. The van der Waals surface area contributed by atoms with Gasteiger partial charge in [-0.2, -0.15) is 0 Å². The number of aliphatic hydroxyl groups excluding tert-OH is 1. The molecule has 5 nitrogen and oxygen atoms in total. The van der Waals surface area contributed by atoms with Crippen LogP contribution in [0.25, 0.3) is 5.57 Å². The number of aryl methyl sites for hydroxylation is 3. The Morgan fingerprint density at radius 2 is 1.56 bits per heavy atom. The van der Waals surface area contributed by atoms with Gasteiger partial charge in [0.25, 0.3) is 11.8 Å². The molecule has 0 fully saturated rings. The van der Waals surface area contributed by atoms with Gasteiger partial charge in [-0.25, -0.2) is 4.90 Å². The summed E-state index contributed by atoms with van der Waals surface area (Å²) in [4.78, 5) is 29.5. The molecule has 0 spiro atoms. The molecule has 3 rings (SSSR count). The molecule has 0 saturated heterocycles. The highest BCUT2D eigenvalue weighted by molar-refractivity contribution is 6.45. The van der Waals surface area contributed by atoms with E-state index in [1.807, 2.05) is 63.2 Å². The molecule has 1 aliphatic rings. The maximum Gasteiger partial charge on any atom is 0.282 e. The van der Waals surface area contributed by atoms with Gasteiger partial charge in [0, 0.05) is 13.6 Å². The third kappa shape index (κ3) is 3.38. The van der Waals surface area contributed by atoms with Crippen LogP contribution < -0.4 is 4.90 Å². The molecule has 1 heterocycles. The Bertz CT molecular complexity index is 929. The van der Waals surface area contributed by atoms with Gasteiger partial charge < -0.3 is 10.0 Å². The number of anilines is 1. The summed E-state index contributed by atoms with van der Waals surface area (Å²) >= 11 is 0. The van der Waals surface area contributed by atoms with Crippen molar-refractivity contribution in [3.63, 3.8) is 0 Å². The van der Waals surface area contributed by atoms with E-state index in [4.69, 9.17) is 0 Å². The van der Waals surface area contributed by atoms with E-state index in [2.05, 4.69) is 0 Å². The maximum atomic E-state index is 13.3. The zero-order valence-corrected chi connectivity index (χ0v) is 16.1. The summed E-state index contributed by atoms with van der Waals surface area (Å²) in [7, 11) is 1.72. The number of hydrogen-bond donors (Lipinski definition) is 1. The molecule has 140 valence electrons. The minimum atomic E-state index is -0.361. The van der Waals surface area contributed by atoms with Crippen LogP contribution in [-0.2, 0) is 9.59 Å². The van der Waals surface area contributed by atoms with E-state index in [9.17, 15) is 14.7 Å². The summed E-state index contributed by atoms with van der Waals surface area (Å²) in [6.45, 7) is 5.95. The second-order valence-electron chi connectivity index (χ2n) is 6.97. The molecule has 0 aliphatic carbocycles. The van der Waals surface area contributed by atoms with E-state index < -0.39 is 0 Å². The molecular formula is C22H24N2O3. The average Bonchev–Trinajstić information content (AvgIpc) is 2.89. The van der Waals surface area contributed by atoms with Gasteiger partial charge in [0.1, 0.15) is 5.70 Å². The topological polar surface area (TPSA) is 60.9 Å². The summed E-state index contributed by atoms with van der Waals surface area (Å²) < 4.78 is 0. The van der Waals surface area contributed by atoms with Crippen molar-refractivity contribution < 1.29 is 14.7 Å². The fourth-order valence-corrected chi connectivity index (χ4v) is 3.29. The first-order chi connectivity index (χ1) is 12.8. The molecule has 0 bridgehead atoms. The lowest BCUT2D eigenvalue weighted by Gasteiger charge is -2.21. The molecule has 1 aliphatic heterocycles. The molecule has 0 aromatic heterocycles. The smallest absolute Gasteiger partial charge is 0.282 e. The van der Waals surface area contributed by atoms with Crippen LogP contribution >= 0.6 is 0 Å². The summed E-state index contributed by atoms with van der Waals surface area (Å²) in [6.07, 6.45) is 0. The number of amides is 2. The summed E-state index contributed by atoms with van der Waals surface area (Å²) in [6, 6.07) is 13.3. The summed E-state index contributed by atoms with van der Waals surface area (Å²) in [5.74, 6) is -0.697. The van der Waals surface area contributed by atoms with Gasteiger partial charge in [-0.3, -0.25) is 9.59 Å². The van der Waals surface area contributed by atoms with E-state index in [-0.39, 0.29) is 25.0 Å². The van der Waals surface area contributed by atoms with Crippen LogP contribution in [0.5, 0.6) is 0 Å². The van der Waals surface area contributed by atoms with Crippen molar-refractivity contribution >= 4 is 23.1 Å². The molecule has 2 amide bonds. The first kappa shape index (κ1) is 18.9. The number of imide groups is 1. The average molecular weight is 364 g/mol. The van der Waals surface area contributed by atoms with Crippen molar-refractivity contribution in [1.82, 2.24) is 4.90 Å². The summed E-state index contributed by atoms with van der Waals surface area (Å²) in [5.41, 5.74) is 4.90. The Morgan fingerprint density at radius 3 is 2.19 bits per heavy atom. The second-order valence-corrected chi connectivity index (χ2v) is 6.97. The van der Waals surface area contributed by atoms with E-state index in [0.29, 0.717) is 22.5 Å². The Kier molecular flexibility index (Phi) is 5.15. The van der Waals surface area contributed by atoms with Crippen molar-refractivity contribution in [2.75, 3.05) is 25.1 Å². The first-order valence-electron chi connectivity index (χ1n) is 8.94. The minimum absolute atomic E-state index is 0.105. The van der Waals surface area contributed by atoms with Gasteiger partial charge in [0.05, 0.1) is 17.9 Å². The number of hydrogen-bond acceptors (Lipinski definition) is 4. The number of carbonyl (C=O) groups is 2. The molecular weight excluding hydrogens is 340 g/mol. The largest absolute Gasteiger partial charge is 0.395 e. The molecule has 0 atom stereocenters. The van der Waals surface area contributed by atoms with Gasteiger partial charge in [-0.05, 0) is 43.5 Å². The number of nitrogens with zero attached hydrogens (tertiary/aromatic N) is 2. The van der Waals surface area contributed by atoms with Crippen LogP contribution in [0.1, 0.15) is 22.3 Å². The fourth-order valence-electron chi connectivity index (χ4n) is 3.29. The lowest BCUT2D eigenvalue weighted by molar-refractivity contribution is -0.120. The second kappa shape index (κ2) is 7.37. The quantitative estimate of drug-likeness (QED) is 0.829. The highest BCUT2D eigenvalue weighted by atomic mass is 16.3. The van der Waals surface area contributed by atoms with Crippen molar-refractivity contribution in [2.45, 2.75) is 20.8 Å². The lowest BCUT2D eigenvalue weighted by atomic mass is 10.0. The van der Waals surface area contributed by atoms with Crippen molar-refractivity contribution in [3.05, 3.63) is 70.4 Å². The Labute approximate surface area is 159 Å². The molecule has 0 saturated carbocycles. The van der Waals surface area contributed by atoms with Crippen LogP contribution in [0.15, 0.2) is 48.2 Å². The van der Waals surface area contributed by atoms with E-state index >= 15 is 0 Å². The van der Waals surface area contributed by atoms with Crippen LogP contribution in [0.3, 0.4) is 0 Å². The van der Waals surface area contributed by atoms with Crippen LogP contribution in [0.4, 0.5) is 5.69 Å². The zero-order chi connectivity index (χ0) is 19.7. The lowest BCUT2D eigenvalue weighted by Crippen LogP contribution is -2.35. The highest BCUT2D eigenvalue weighted by Crippen LogP contribution is 2.36. The number of aliphatic hydroxyl groups is 1. The van der Waals surface area contributed by atoms with E-state index in [1.54, 1.807) is 11.9 Å². The van der Waals surface area contributed by atoms with Gasteiger partial charge in [0.2, 0.25) is 0 Å². The molecule has 2 aromatic rings. The maximum absolute atomic E-state index is 13.3. The van der Waals surface area contributed by atoms with Crippen LogP contribution in [-0.4, -0.2) is 42.0 Å². The minimum Gasteiger partial charge on any atom is -0.395 e. The monoisotopic (exact) mass is 364 g/mol. The predicted molar refractivity (Wildman–Crippen MR) is 106 cm³/mol. The molecule has 0 unspecified atom stereocenters. The third-order valence-electron chi connectivity index (χ3n) is 4.82. The van der Waals surface area contributed by atoms with Gasteiger partial charge in [-0.15, -0.1) is 0 Å². The van der Waals surface area contributed by atoms with Gasteiger partial charge in [-0.1, -0.05) is 42.0 Å². The Hall–Kier alpha value is -2.92. The summed E-state index contributed by atoms with van der Waals surface area (Å²) in [5, 5.41) is 9.33. The van der Waals surface area contributed by atoms with Crippen molar-refractivity contribution in [2.24, 2.45) is 0 Å². The van der Waals surface area contributed by atoms with E-state index in [1.165, 1.54) is 4.90 Å². The Balaban J connectivity index is 2.16. The SMILES string of the molecule is Cc1ccc(C2=C(N(C)CCO)C(=O)N(c3cc(C)ccc3C)C2=O)cc1. The van der Waals surface area contributed by atoms with E-state index in [0.717, 1.165) is 16.7 Å². The van der Waals surface area contributed by atoms with Crippen LogP contribution in [0, 0.1) is 20.8 Å². The van der Waals surface area contributed by atoms with Crippen molar-refractivity contribution in [3.8, 4) is 0 Å². The molecule has 5 heteroatoms. The third-order valence-corrected chi connectivity index (χ3v) is 4.82. The standard InChI is InChI=1S/C22H24N2O3/c1-14-6-9-17(10-7-14)19-20(23(4)11-12-25)22(27)24(21(19)26)18-13-15(2)5-8-16(18)3/h5-10,13,25H,11-12H2,1-4H3. The fraction of sp³-hybridized carbons (Fsp3) is 0.273. The number of likely N-dealkylation sites (N-methyl/N-ethyl adjacent to an activating group) is 1. The number of carbonyl (C=O) groups excluding carboxylic acids is 2. The zero-order valence-electron chi connectivity index (χ0n) is 16.1. The molecule has 1 N–H and O–H groups in total. The molecule has 0 radical (unpaired) electrons. The Morgan fingerprint density at radius 1 is 0.926 bits per heavy atom.